The number of rotatable bonds is 6. The number of carbonyl (C=O) groups is 1. The van der Waals surface area contributed by atoms with Gasteiger partial charge in [0.25, 0.3) is 0 Å². The molecule has 2 aromatic carbocycles. The smallest absolute Gasteiger partial charge is 0.239 e. The van der Waals surface area contributed by atoms with Crippen LogP contribution in [0.4, 0.5) is 5.69 Å². The number of anilines is 1. The zero-order valence-corrected chi connectivity index (χ0v) is 13.0. The predicted octanol–water partition coefficient (Wildman–Crippen LogP) is 2.52. The lowest BCUT2D eigenvalue weighted by Crippen LogP contribution is -2.29. The molecule has 0 saturated carbocycles. The molecule has 0 spiro atoms. The topological polar surface area (TPSA) is 61.4 Å². The zero-order valence-electron chi connectivity index (χ0n) is 13.0. The minimum absolute atomic E-state index is 0.00982. The fourth-order valence-electron chi connectivity index (χ4n) is 2.36. The van der Waals surface area contributed by atoms with E-state index in [1.165, 1.54) is 0 Å². The number of benzene rings is 2. The first-order valence-corrected chi connectivity index (χ1v) is 7.35. The van der Waals surface area contributed by atoms with Crippen LogP contribution in [0, 0.1) is 13.8 Å². The first-order chi connectivity index (χ1) is 10.6. The molecule has 0 unspecified atom stereocenters. The highest BCUT2D eigenvalue weighted by atomic mass is 16.3. The van der Waals surface area contributed by atoms with Crippen LogP contribution in [0.25, 0.3) is 0 Å². The third-order valence-corrected chi connectivity index (χ3v) is 3.57. The molecule has 116 valence electrons. The van der Waals surface area contributed by atoms with Crippen molar-refractivity contribution in [3.05, 3.63) is 64.7 Å². The molecule has 0 saturated heterocycles. The molecule has 2 aromatic rings. The van der Waals surface area contributed by atoms with Crippen LogP contribution >= 0.6 is 0 Å². The number of hydrogen-bond acceptors (Lipinski definition) is 3. The van der Waals surface area contributed by atoms with Crippen LogP contribution in [0.3, 0.4) is 0 Å². The van der Waals surface area contributed by atoms with E-state index >= 15 is 0 Å². The van der Waals surface area contributed by atoms with E-state index in [-0.39, 0.29) is 19.1 Å². The molecule has 2 rings (SSSR count). The lowest BCUT2D eigenvalue weighted by atomic mass is 10.1. The number of nitrogens with one attached hydrogen (secondary N) is 2. The van der Waals surface area contributed by atoms with E-state index in [4.69, 9.17) is 5.11 Å². The van der Waals surface area contributed by atoms with Gasteiger partial charge in [-0.25, -0.2) is 0 Å². The first kappa shape index (κ1) is 16.0. The summed E-state index contributed by atoms with van der Waals surface area (Å²) in [5.74, 6) is -0.0583. The fraction of sp³-hybridized carbons (Fsp3) is 0.278. The second kappa shape index (κ2) is 7.61. The Balaban J connectivity index is 1.85. The molecule has 1 amide bonds. The Morgan fingerprint density at radius 3 is 2.36 bits per heavy atom. The van der Waals surface area contributed by atoms with E-state index in [1.54, 1.807) is 0 Å². The van der Waals surface area contributed by atoms with Crippen molar-refractivity contribution < 1.29 is 9.90 Å². The summed E-state index contributed by atoms with van der Waals surface area (Å²) in [6, 6.07) is 13.6. The Kier molecular flexibility index (Phi) is 5.55. The van der Waals surface area contributed by atoms with Gasteiger partial charge in [-0.1, -0.05) is 42.5 Å². The normalized spacial score (nSPS) is 10.3. The van der Waals surface area contributed by atoms with Gasteiger partial charge in [-0.05, 0) is 36.1 Å². The summed E-state index contributed by atoms with van der Waals surface area (Å²) in [6.45, 7) is 4.75. The van der Waals surface area contributed by atoms with E-state index in [1.807, 2.05) is 56.3 Å². The van der Waals surface area contributed by atoms with Crippen LogP contribution in [0.1, 0.15) is 22.3 Å². The number of hydrogen-bond donors (Lipinski definition) is 3. The number of aryl methyl sites for hydroxylation is 2. The highest BCUT2D eigenvalue weighted by molar-refractivity contribution is 5.81. The summed E-state index contributed by atoms with van der Waals surface area (Å²) in [5, 5.41) is 15.2. The second-order valence-electron chi connectivity index (χ2n) is 5.38. The van der Waals surface area contributed by atoms with Crippen molar-refractivity contribution in [1.82, 2.24) is 5.32 Å². The molecule has 4 heteroatoms. The molecular formula is C18H22N2O2. The maximum absolute atomic E-state index is 11.9. The van der Waals surface area contributed by atoms with Crippen molar-refractivity contribution in [2.75, 3.05) is 11.9 Å². The van der Waals surface area contributed by atoms with Crippen LogP contribution in [0.2, 0.25) is 0 Å². The van der Waals surface area contributed by atoms with Gasteiger partial charge in [-0.3, -0.25) is 4.79 Å². The van der Waals surface area contributed by atoms with Gasteiger partial charge in [0.2, 0.25) is 5.91 Å². The van der Waals surface area contributed by atoms with Crippen molar-refractivity contribution in [2.45, 2.75) is 27.0 Å². The Morgan fingerprint density at radius 1 is 1.05 bits per heavy atom. The molecule has 4 nitrogen and oxygen atoms in total. The monoisotopic (exact) mass is 298 g/mol. The van der Waals surface area contributed by atoms with Gasteiger partial charge < -0.3 is 15.7 Å². The van der Waals surface area contributed by atoms with Crippen LogP contribution in [0.15, 0.2) is 42.5 Å². The molecule has 22 heavy (non-hydrogen) atoms. The van der Waals surface area contributed by atoms with Crippen LogP contribution in [-0.4, -0.2) is 17.6 Å². The van der Waals surface area contributed by atoms with Gasteiger partial charge >= 0.3 is 0 Å². The SMILES string of the molecule is Cc1cccc(C)c1NCC(=O)NCc1cccc(CO)c1. The van der Waals surface area contributed by atoms with Gasteiger partial charge in [0.1, 0.15) is 0 Å². The third kappa shape index (κ3) is 4.33. The molecule has 0 aliphatic rings. The van der Waals surface area contributed by atoms with Crippen LogP contribution < -0.4 is 10.6 Å². The summed E-state index contributed by atoms with van der Waals surface area (Å²) in [5.41, 5.74) is 5.10. The molecule has 0 aliphatic heterocycles. The first-order valence-electron chi connectivity index (χ1n) is 7.35. The highest BCUT2D eigenvalue weighted by Gasteiger charge is 2.05. The summed E-state index contributed by atoms with van der Waals surface area (Å²) >= 11 is 0. The minimum atomic E-state index is -0.0583. The van der Waals surface area contributed by atoms with E-state index in [2.05, 4.69) is 10.6 Å². The minimum Gasteiger partial charge on any atom is -0.392 e. The predicted molar refractivity (Wildman–Crippen MR) is 88.6 cm³/mol. The van der Waals surface area contributed by atoms with Crippen molar-refractivity contribution in [2.24, 2.45) is 0 Å². The summed E-state index contributed by atoms with van der Waals surface area (Å²) in [4.78, 5) is 11.9. The number of aliphatic hydroxyl groups is 1. The van der Waals surface area contributed by atoms with Gasteiger partial charge in [-0.2, -0.15) is 0 Å². The van der Waals surface area contributed by atoms with Gasteiger partial charge in [0.05, 0.1) is 13.2 Å². The van der Waals surface area contributed by atoms with Crippen LogP contribution in [-0.2, 0) is 17.9 Å². The maximum Gasteiger partial charge on any atom is 0.239 e. The lowest BCUT2D eigenvalue weighted by Gasteiger charge is -2.12. The number of aliphatic hydroxyl groups excluding tert-OH is 1. The molecular weight excluding hydrogens is 276 g/mol. The lowest BCUT2D eigenvalue weighted by molar-refractivity contribution is -0.119. The molecule has 3 N–H and O–H groups in total. The highest BCUT2D eigenvalue weighted by Crippen LogP contribution is 2.18. The Labute approximate surface area is 131 Å². The molecule has 0 atom stereocenters. The quantitative estimate of drug-likeness (QED) is 0.768. The molecule has 0 radical (unpaired) electrons. The van der Waals surface area contributed by atoms with E-state index in [0.717, 1.165) is 27.9 Å². The van der Waals surface area contributed by atoms with Gasteiger partial charge in [0, 0.05) is 12.2 Å². The zero-order chi connectivity index (χ0) is 15.9. The molecule has 0 bridgehead atoms. The number of para-hydroxylation sites is 1. The summed E-state index contributed by atoms with van der Waals surface area (Å²) in [7, 11) is 0. The molecule has 0 aromatic heterocycles. The Hall–Kier alpha value is -2.33. The average molecular weight is 298 g/mol. The molecule has 0 fully saturated rings. The average Bonchev–Trinajstić information content (AvgIpc) is 2.52. The van der Waals surface area contributed by atoms with E-state index in [9.17, 15) is 4.79 Å². The van der Waals surface area contributed by atoms with Crippen molar-refractivity contribution in [3.8, 4) is 0 Å². The van der Waals surface area contributed by atoms with Crippen LogP contribution in [0.5, 0.6) is 0 Å². The van der Waals surface area contributed by atoms with Crippen molar-refractivity contribution in [1.29, 1.82) is 0 Å². The van der Waals surface area contributed by atoms with Crippen molar-refractivity contribution >= 4 is 11.6 Å². The van der Waals surface area contributed by atoms with Crippen molar-refractivity contribution in [3.63, 3.8) is 0 Å². The third-order valence-electron chi connectivity index (χ3n) is 3.57. The van der Waals surface area contributed by atoms with E-state index < -0.39 is 0 Å². The fourth-order valence-corrected chi connectivity index (χ4v) is 2.36. The number of carbonyl (C=O) groups excluding carboxylic acids is 1. The van der Waals surface area contributed by atoms with Gasteiger partial charge in [-0.15, -0.1) is 0 Å². The molecule has 0 heterocycles. The van der Waals surface area contributed by atoms with E-state index in [0.29, 0.717) is 6.54 Å². The molecule has 0 aliphatic carbocycles. The number of amides is 1. The Bertz CT molecular complexity index is 633. The van der Waals surface area contributed by atoms with Gasteiger partial charge in [0.15, 0.2) is 0 Å². The largest absolute Gasteiger partial charge is 0.392 e. The Morgan fingerprint density at radius 2 is 1.68 bits per heavy atom. The summed E-state index contributed by atoms with van der Waals surface area (Å²) < 4.78 is 0. The maximum atomic E-state index is 11.9. The second-order valence-corrected chi connectivity index (χ2v) is 5.38. The standard InChI is InChI=1S/C18H22N2O2/c1-13-5-3-6-14(2)18(13)20-11-17(22)19-10-15-7-4-8-16(9-15)12-21/h3-9,20-21H,10-12H2,1-2H3,(H,19,22). The summed E-state index contributed by atoms with van der Waals surface area (Å²) in [6.07, 6.45) is 0.